The molecule has 0 bridgehead atoms. The van der Waals surface area contributed by atoms with E-state index in [-0.39, 0.29) is 5.60 Å². The van der Waals surface area contributed by atoms with E-state index in [0.29, 0.717) is 5.92 Å². The quantitative estimate of drug-likeness (QED) is 0.618. The number of rotatable bonds is 6. The van der Waals surface area contributed by atoms with Gasteiger partial charge in [0.1, 0.15) is 0 Å². The van der Waals surface area contributed by atoms with E-state index in [9.17, 15) is 0 Å². The van der Waals surface area contributed by atoms with Crippen LogP contribution >= 0.6 is 31.9 Å². The van der Waals surface area contributed by atoms with Gasteiger partial charge >= 0.3 is 0 Å². The molecule has 1 aromatic carbocycles. The Bertz CT molecular complexity index is 358. The van der Waals surface area contributed by atoms with E-state index < -0.39 is 0 Å². The number of ether oxygens (including phenoxy) is 1. The predicted molar refractivity (Wildman–Crippen MR) is 85.5 cm³/mol. The van der Waals surface area contributed by atoms with Crippen LogP contribution in [-0.4, -0.2) is 17.5 Å². The smallest absolute Gasteiger partial charge is 0.0598 e. The van der Waals surface area contributed by atoms with Gasteiger partial charge in [0.25, 0.3) is 0 Å². The highest BCUT2D eigenvalue weighted by Gasteiger charge is 2.13. The molecule has 0 saturated heterocycles. The average Bonchev–Trinajstić information content (AvgIpc) is 2.26. The van der Waals surface area contributed by atoms with Crippen LogP contribution in [-0.2, 0) is 11.2 Å². The van der Waals surface area contributed by atoms with Gasteiger partial charge in [-0.1, -0.05) is 44.0 Å². The van der Waals surface area contributed by atoms with Gasteiger partial charge < -0.3 is 4.74 Å². The fourth-order valence-corrected chi connectivity index (χ4v) is 2.76. The number of benzene rings is 1. The lowest BCUT2D eigenvalue weighted by atomic mass is 9.98. The van der Waals surface area contributed by atoms with E-state index >= 15 is 0 Å². The summed E-state index contributed by atoms with van der Waals surface area (Å²) in [4.78, 5) is 0. The molecule has 0 aromatic heterocycles. The van der Waals surface area contributed by atoms with Crippen LogP contribution in [0.2, 0.25) is 0 Å². The summed E-state index contributed by atoms with van der Waals surface area (Å²) < 4.78 is 6.95. The highest BCUT2D eigenvalue weighted by atomic mass is 79.9. The van der Waals surface area contributed by atoms with Gasteiger partial charge in [0.15, 0.2) is 0 Å². The van der Waals surface area contributed by atoms with Crippen LogP contribution in [0.3, 0.4) is 0 Å². The monoisotopic (exact) mass is 376 g/mol. The van der Waals surface area contributed by atoms with Crippen molar-refractivity contribution < 1.29 is 4.74 Å². The van der Waals surface area contributed by atoms with E-state index in [4.69, 9.17) is 4.74 Å². The number of hydrogen-bond donors (Lipinski definition) is 0. The van der Waals surface area contributed by atoms with E-state index in [1.807, 2.05) is 0 Å². The first-order valence-corrected chi connectivity index (χ1v) is 8.26. The van der Waals surface area contributed by atoms with Crippen LogP contribution < -0.4 is 0 Å². The Morgan fingerprint density at radius 3 is 2.56 bits per heavy atom. The molecule has 18 heavy (non-hydrogen) atoms. The first-order valence-electron chi connectivity index (χ1n) is 6.35. The zero-order valence-corrected chi connectivity index (χ0v) is 14.6. The summed E-state index contributed by atoms with van der Waals surface area (Å²) in [6.07, 6.45) is 2.19. The minimum absolute atomic E-state index is 0.0351. The zero-order chi connectivity index (χ0) is 13.6. The van der Waals surface area contributed by atoms with E-state index in [2.05, 4.69) is 76.9 Å². The van der Waals surface area contributed by atoms with Crippen molar-refractivity contribution in [1.29, 1.82) is 0 Å². The Hall–Kier alpha value is 0.140. The van der Waals surface area contributed by atoms with Crippen LogP contribution in [0.25, 0.3) is 0 Å². The maximum atomic E-state index is 5.79. The largest absolute Gasteiger partial charge is 0.376 e. The number of alkyl halides is 1. The molecule has 1 rings (SSSR count). The van der Waals surface area contributed by atoms with Crippen molar-refractivity contribution in [1.82, 2.24) is 0 Å². The van der Waals surface area contributed by atoms with Crippen molar-refractivity contribution >= 4 is 31.9 Å². The second-order valence-corrected chi connectivity index (χ2v) is 7.17. The highest BCUT2D eigenvalue weighted by molar-refractivity contribution is 9.10. The van der Waals surface area contributed by atoms with Gasteiger partial charge in [-0.3, -0.25) is 0 Å². The van der Waals surface area contributed by atoms with Gasteiger partial charge in [-0.25, -0.2) is 0 Å². The molecule has 0 amide bonds. The standard InChI is InChI=1S/C15H22Br2O/c1-15(2,3)18-8-7-13(11-16)9-12-5-4-6-14(17)10-12/h4-6,10,13H,7-9,11H2,1-3H3. The van der Waals surface area contributed by atoms with Crippen molar-refractivity contribution in [3.8, 4) is 0 Å². The molecular formula is C15H22Br2O. The number of halogens is 2. The zero-order valence-electron chi connectivity index (χ0n) is 11.4. The first kappa shape index (κ1) is 16.2. The highest BCUT2D eigenvalue weighted by Crippen LogP contribution is 2.19. The average molecular weight is 378 g/mol. The Labute approximate surface area is 128 Å². The molecule has 102 valence electrons. The van der Waals surface area contributed by atoms with Gasteiger partial charge in [-0.2, -0.15) is 0 Å². The van der Waals surface area contributed by atoms with Crippen LogP contribution in [0, 0.1) is 5.92 Å². The van der Waals surface area contributed by atoms with Gasteiger partial charge in [-0.15, -0.1) is 0 Å². The predicted octanol–water partition coefficient (Wildman–Crippen LogP) is 5.21. The lowest BCUT2D eigenvalue weighted by molar-refractivity contribution is -0.00821. The minimum Gasteiger partial charge on any atom is -0.376 e. The molecule has 1 atom stereocenters. The molecule has 1 aromatic rings. The summed E-state index contributed by atoms with van der Waals surface area (Å²) in [6, 6.07) is 8.54. The molecule has 0 spiro atoms. The van der Waals surface area contributed by atoms with E-state index in [0.717, 1.165) is 29.3 Å². The lowest BCUT2D eigenvalue weighted by Crippen LogP contribution is -2.21. The molecule has 1 nitrogen and oxygen atoms in total. The fourth-order valence-electron chi connectivity index (χ4n) is 1.76. The minimum atomic E-state index is -0.0351. The summed E-state index contributed by atoms with van der Waals surface area (Å²) in [5.74, 6) is 0.627. The van der Waals surface area contributed by atoms with E-state index in [1.165, 1.54) is 5.56 Å². The van der Waals surface area contributed by atoms with Crippen molar-refractivity contribution in [2.45, 2.75) is 39.2 Å². The lowest BCUT2D eigenvalue weighted by Gasteiger charge is -2.21. The molecule has 0 aliphatic rings. The molecule has 0 radical (unpaired) electrons. The third-order valence-electron chi connectivity index (χ3n) is 2.69. The summed E-state index contributed by atoms with van der Waals surface area (Å²) in [5, 5.41) is 1.02. The maximum Gasteiger partial charge on any atom is 0.0598 e. The number of hydrogen-bond acceptors (Lipinski definition) is 1. The van der Waals surface area contributed by atoms with Crippen LogP contribution in [0.4, 0.5) is 0 Å². The van der Waals surface area contributed by atoms with Gasteiger partial charge in [-0.05, 0) is 57.2 Å². The summed E-state index contributed by atoms with van der Waals surface area (Å²) in [7, 11) is 0. The van der Waals surface area contributed by atoms with Crippen molar-refractivity contribution in [3.05, 3.63) is 34.3 Å². The van der Waals surface area contributed by atoms with Crippen molar-refractivity contribution in [2.24, 2.45) is 5.92 Å². The molecule has 0 aliphatic carbocycles. The SMILES string of the molecule is CC(C)(C)OCCC(CBr)Cc1cccc(Br)c1. The maximum absolute atomic E-state index is 5.79. The van der Waals surface area contributed by atoms with Gasteiger partial charge in [0.05, 0.1) is 5.60 Å². The Morgan fingerprint density at radius 1 is 1.28 bits per heavy atom. The summed E-state index contributed by atoms with van der Waals surface area (Å²) in [5.41, 5.74) is 1.34. The summed E-state index contributed by atoms with van der Waals surface area (Å²) >= 11 is 7.12. The van der Waals surface area contributed by atoms with Crippen LogP contribution in [0.15, 0.2) is 28.7 Å². The Balaban J connectivity index is 2.42. The molecule has 0 N–H and O–H groups in total. The van der Waals surface area contributed by atoms with Gasteiger partial charge in [0.2, 0.25) is 0 Å². The van der Waals surface area contributed by atoms with Crippen molar-refractivity contribution in [2.75, 3.05) is 11.9 Å². The molecule has 3 heteroatoms. The second kappa shape index (κ2) is 7.66. The Morgan fingerprint density at radius 2 is 2.00 bits per heavy atom. The van der Waals surface area contributed by atoms with E-state index in [1.54, 1.807) is 0 Å². The third kappa shape index (κ3) is 6.91. The summed E-state index contributed by atoms with van der Waals surface area (Å²) in [6.45, 7) is 7.13. The normalized spacial score (nSPS) is 13.6. The Kier molecular flexibility index (Phi) is 6.89. The second-order valence-electron chi connectivity index (χ2n) is 5.60. The molecule has 0 aliphatic heterocycles. The first-order chi connectivity index (χ1) is 8.40. The van der Waals surface area contributed by atoms with Crippen LogP contribution in [0.5, 0.6) is 0 Å². The fraction of sp³-hybridized carbons (Fsp3) is 0.600. The third-order valence-corrected chi connectivity index (χ3v) is 4.10. The molecule has 0 saturated carbocycles. The molecule has 0 fully saturated rings. The van der Waals surface area contributed by atoms with Crippen LogP contribution in [0.1, 0.15) is 32.8 Å². The molecular weight excluding hydrogens is 356 g/mol. The topological polar surface area (TPSA) is 9.23 Å². The molecule has 1 unspecified atom stereocenters. The van der Waals surface area contributed by atoms with Gasteiger partial charge in [0, 0.05) is 16.4 Å². The van der Waals surface area contributed by atoms with Crippen molar-refractivity contribution in [3.63, 3.8) is 0 Å². The molecule has 0 heterocycles.